The fourth-order valence-corrected chi connectivity index (χ4v) is 5.02. The van der Waals surface area contributed by atoms with E-state index in [0.29, 0.717) is 18.7 Å². The molecule has 0 aromatic heterocycles. The van der Waals surface area contributed by atoms with Crippen molar-refractivity contribution in [1.29, 1.82) is 0 Å². The summed E-state index contributed by atoms with van der Waals surface area (Å²) in [6.45, 7) is 0.425. The van der Waals surface area contributed by atoms with Crippen molar-refractivity contribution in [3.63, 3.8) is 0 Å². The fourth-order valence-electron chi connectivity index (χ4n) is 2.99. The molecule has 0 aliphatic carbocycles. The molecule has 24 heavy (non-hydrogen) atoms. The van der Waals surface area contributed by atoms with Gasteiger partial charge >= 0.3 is 0 Å². The van der Waals surface area contributed by atoms with Crippen molar-refractivity contribution in [3.8, 4) is 5.75 Å². The summed E-state index contributed by atoms with van der Waals surface area (Å²) in [4.78, 5) is 0.127. The van der Waals surface area contributed by atoms with Crippen molar-refractivity contribution in [3.05, 3.63) is 58.9 Å². The van der Waals surface area contributed by atoms with Crippen LogP contribution in [0.15, 0.2) is 47.4 Å². The predicted octanol–water partition coefficient (Wildman–Crippen LogP) is 4.01. The van der Waals surface area contributed by atoms with Crippen molar-refractivity contribution in [2.75, 3.05) is 13.7 Å². The van der Waals surface area contributed by atoms with Gasteiger partial charge in [-0.2, -0.15) is 4.31 Å². The van der Waals surface area contributed by atoms with E-state index in [4.69, 9.17) is 16.3 Å². The zero-order valence-electron chi connectivity index (χ0n) is 13.1. The number of hydrogen-bond donors (Lipinski definition) is 0. The van der Waals surface area contributed by atoms with Gasteiger partial charge in [0.2, 0.25) is 10.0 Å². The molecule has 1 atom stereocenters. The Kier molecular flexibility index (Phi) is 4.80. The Balaban J connectivity index is 1.96. The lowest BCUT2D eigenvalue weighted by molar-refractivity contribution is 0.396. The standard InChI is InChI=1S/C17H17ClFNO3S/c1-23-17-9-8-14(11-15(17)18)24(21,22)20-10-2-3-16(20)12-4-6-13(19)7-5-12/h4-9,11,16H,2-3,10H2,1H3/t16-/m1/s1. The SMILES string of the molecule is COc1ccc(S(=O)(=O)N2CCC[C@@H]2c2ccc(F)cc2)cc1Cl. The van der Waals surface area contributed by atoms with Crippen LogP contribution in [0.1, 0.15) is 24.4 Å². The lowest BCUT2D eigenvalue weighted by Crippen LogP contribution is -2.30. The van der Waals surface area contributed by atoms with E-state index >= 15 is 0 Å². The van der Waals surface area contributed by atoms with Crippen LogP contribution < -0.4 is 4.74 Å². The third kappa shape index (κ3) is 3.14. The average molecular weight is 370 g/mol. The van der Waals surface area contributed by atoms with Gasteiger partial charge in [-0.15, -0.1) is 0 Å². The van der Waals surface area contributed by atoms with E-state index in [1.807, 2.05) is 0 Å². The highest BCUT2D eigenvalue weighted by Crippen LogP contribution is 2.37. The molecule has 0 amide bonds. The first-order valence-electron chi connectivity index (χ1n) is 7.54. The van der Waals surface area contributed by atoms with E-state index in [2.05, 4.69) is 0 Å². The van der Waals surface area contributed by atoms with Crippen molar-refractivity contribution in [2.24, 2.45) is 0 Å². The van der Waals surface area contributed by atoms with E-state index in [0.717, 1.165) is 12.0 Å². The fraction of sp³-hybridized carbons (Fsp3) is 0.294. The molecule has 1 aliphatic heterocycles. The molecule has 0 saturated carbocycles. The Hall–Kier alpha value is -1.63. The Labute approximate surface area is 145 Å². The maximum atomic E-state index is 13.1. The van der Waals surface area contributed by atoms with Gasteiger partial charge < -0.3 is 4.74 Å². The summed E-state index contributed by atoms with van der Waals surface area (Å²) in [5.74, 6) is 0.0835. The number of rotatable bonds is 4. The Bertz CT molecular complexity index is 839. The summed E-state index contributed by atoms with van der Waals surface area (Å²) in [6.07, 6.45) is 1.46. The first kappa shape index (κ1) is 17.2. The number of nitrogens with zero attached hydrogens (tertiary/aromatic N) is 1. The molecular formula is C17H17ClFNO3S. The predicted molar refractivity (Wildman–Crippen MR) is 90.3 cm³/mol. The number of methoxy groups -OCH3 is 1. The van der Waals surface area contributed by atoms with Gasteiger partial charge in [-0.1, -0.05) is 23.7 Å². The first-order chi connectivity index (χ1) is 11.4. The van der Waals surface area contributed by atoms with Crippen LogP contribution in [0, 0.1) is 5.82 Å². The highest BCUT2D eigenvalue weighted by molar-refractivity contribution is 7.89. The third-order valence-corrected chi connectivity index (χ3v) is 6.39. The van der Waals surface area contributed by atoms with Gasteiger partial charge in [0.1, 0.15) is 11.6 Å². The highest BCUT2D eigenvalue weighted by Gasteiger charge is 2.36. The maximum Gasteiger partial charge on any atom is 0.243 e. The molecular weight excluding hydrogens is 353 g/mol. The smallest absolute Gasteiger partial charge is 0.243 e. The van der Waals surface area contributed by atoms with Crippen LogP contribution in [0.25, 0.3) is 0 Å². The lowest BCUT2D eigenvalue weighted by Gasteiger charge is -2.24. The molecule has 2 aromatic carbocycles. The zero-order valence-corrected chi connectivity index (χ0v) is 14.6. The van der Waals surface area contributed by atoms with E-state index in [1.165, 1.54) is 41.7 Å². The second kappa shape index (κ2) is 6.70. The topological polar surface area (TPSA) is 46.6 Å². The van der Waals surface area contributed by atoms with Gasteiger partial charge in [0.25, 0.3) is 0 Å². The molecule has 0 unspecified atom stereocenters. The maximum absolute atomic E-state index is 13.1. The largest absolute Gasteiger partial charge is 0.495 e. The molecule has 1 aliphatic rings. The Morgan fingerprint density at radius 3 is 2.54 bits per heavy atom. The van der Waals surface area contributed by atoms with E-state index in [9.17, 15) is 12.8 Å². The van der Waals surface area contributed by atoms with Gasteiger partial charge in [0.05, 0.1) is 23.1 Å². The molecule has 0 N–H and O–H groups in total. The van der Waals surface area contributed by atoms with E-state index in [-0.39, 0.29) is 21.8 Å². The molecule has 3 rings (SSSR count). The van der Waals surface area contributed by atoms with Gasteiger partial charge in [0, 0.05) is 6.54 Å². The van der Waals surface area contributed by atoms with E-state index < -0.39 is 10.0 Å². The van der Waals surface area contributed by atoms with Crippen LogP contribution in [0.5, 0.6) is 5.75 Å². The minimum Gasteiger partial charge on any atom is -0.495 e. The minimum absolute atomic E-state index is 0.127. The van der Waals surface area contributed by atoms with Gasteiger partial charge in [-0.25, -0.2) is 12.8 Å². The normalized spacial score (nSPS) is 18.7. The van der Waals surface area contributed by atoms with Crippen LogP contribution in [0.3, 0.4) is 0 Å². The molecule has 128 valence electrons. The van der Waals surface area contributed by atoms with Crippen molar-refractivity contribution in [2.45, 2.75) is 23.8 Å². The molecule has 2 aromatic rings. The van der Waals surface area contributed by atoms with Crippen molar-refractivity contribution in [1.82, 2.24) is 4.31 Å². The van der Waals surface area contributed by atoms with Gasteiger partial charge in [-0.3, -0.25) is 0 Å². The molecule has 1 saturated heterocycles. The van der Waals surface area contributed by atoms with Crippen LogP contribution in [0.4, 0.5) is 4.39 Å². The monoisotopic (exact) mass is 369 g/mol. The molecule has 7 heteroatoms. The quantitative estimate of drug-likeness (QED) is 0.817. The van der Waals surface area contributed by atoms with Crippen LogP contribution in [-0.2, 0) is 10.0 Å². The Morgan fingerprint density at radius 1 is 1.21 bits per heavy atom. The molecule has 0 radical (unpaired) electrons. The average Bonchev–Trinajstić information content (AvgIpc) is 3.06. The van der Waals surface area contributed by atoms with E-state index in [1.54, 1.807) is 12.1 Å². The lowest BCUT2D eigenvalue weighted by atomic mass is 10.1. The Morgan fingerprint density at radius 2 is 1.92 bits per heavy atom. The summed E-state index contributed by atoms with van der Waals surface area (Å²) < 4.78 is 45.6. The molecule has 1 heterocycles. The summed E-state index contributed by atoms with van der Waals surface area (Å²) in [5, 5.41) is 0.246. The molecule has 0 bridgehead atoms. The number of hydrogen-bond acceptors (Lipinski definition) is 3. The van der Waals surface area contributed by atoms with Gasteiger partial charge in [0.15, 0.2) is 0 Å². The number of benzene rings is 2. The minimum atomic E-state index is -3.69. The summed E-state index contributed by atoms with van der Waals surface area (Å²) in [7, 11) is -2.22. The van der Waals surface area contributed by atoms with Crippen LogP contribution >= 0.6 is 11.6 Å². The number of halogens is 2. The van der Waals surface area contributed by atoms with Crippen LogP contribution in [-0.4, -0.2) is 26.4 Å². The summed E-state index contributed by atoms with van der Waals surface area (Å²) >= 11 is 6.06. The zero-order chi connectivity index (χ0) is 17.3. The van der Waals surface area contributed by atoms with Gasteiger partial charge in [-0.05, 0) is 48.7 Å². The third-order valence-electron chi connectivity index (χ3n) is 4.19. The van der Waals surface area contributed by atoms with Crippen LogP contribution in [0.2, 0.25) is 5.02 Å². The first-order valence-corrected chi connectivity index (χ1v) is 9.36. The summed E-state index contributed by atoms with van der Waals surface area (Å²) in [5.41, 5.74) is 0.789. The molecule has 4 nitrogen and oxygen atoms in total. The molecule has 1 fully saturated rings. The highest BCUT2D eigenvalue weighted by atomic mass is 35.5. The number of ether oxygens (including phenoxy) is 1. The second-order valence-corrected chi connectivity index (χ2v) is 7.92. The van der Waals surface area contributed by atoms with Crippen molar-refractivity contribution < 1.29 is 17.5 Å². The number of sulfonamides is 1. The van der Waals surface area contributed by atoms with Crippen molar-refractivity contribution >= 4 is 21.6 Å². The molecule has 0 spiro atoms. The summed E-state index contributed by atoms with van der Waals surface area (Å²) in [6, 6.07) is 10.1. The second-order valence-electron chi connectivity index (χ2n) is 5.62.